The Hall–Kier alpha value is -1.60. The van der Waals surface area contributed by atoms with Gasteiger partial charge in [-0.05, 0) is 34.1 Å². The number of hydrogen-bond donors (Lipinski definition) is 1. The highest BCUT2D eigenvalue weighted by molar-refractivity contribution is 9.10. The van der Waals surface area contributed by atoms with Gasteiger partial charge in [0.25, 0.3) is 0 Å². The number of rotatable bonds is 4. The van der Waals surface area contributed by atoms with Crippen LogP contribution in [-0.4, -0.2) is 22.4 Å². The molecule has 0 saturated carbocycles. The summed E-state index contributed by atoms with van der Waals surface area (Å²) in [6.07, 6.45) is -1.40. The Balaban J connectivity index is 2.23. The molecule has 0 radical (unpaired) electrons. The Labute approximate surface area is 122 Å². The second-order valence-corrected chi connectivity index (χ2v) is 4.90. The van der Waals surface area contributed by atoms with Crippen LogP contribution in [0.2, 0.25) is 0 Å². The summed E-state index contributed by atoms with van der Waals surface area (Å²) in [6.45, 7) is 0. The number of halogens is 3. The van der Waals surface area contributed by atoms with Crippen LogP contribution in [-0.2, 0) is 6.42 Å². The van der Waals surface area contributed by atoms with Crippen LogP contribution in [0.5, 0.6) is 5.88 Å². The van der Waals surface area contributed by atoms with E-state index >= 15 is 0 Å². The minimum absolute atomic E-state index is 0.141. The Morgan fingerprint density at radius 1 is 1.25 bits per heavy atom. The van der Waals surface area contributed by atoms with Gasteiger partial charge in [-0.2, -0.15) is 0 Å². The van der Waals surface area contributed by atoms with Crippen LogP contribution in [0, 0.1) is 11.6 Å². The van der Waals surface area contributed by atoms with Crippen molar-refractivity contribution in [1.29, 1.82) is 0 Å². The zero-order chi connectivity index (χ0) is 14.7. The number of aliphatic hydroxyl groups is 1. The van der Waals surface area contributed by atoms with Gasteiger partial charge in [0.05, 0.1) is 17.3 Å². The lowest BCUT2D eigenvalue weighted by molar-refractivity contribution is 0.169. The third-order valence-corrected chi connectivity index (χ3v) is 3.36. The highest BCUT2D eigenvalue weighted by Gasteiger charge is 2.18. The minimum atomic E-state index is -1.16. The maximum atomic E-state index is 13.8. The van der Waals surface area contributed by atoms with Crippen molar-refractivity contribution in [2.45, 2.75) is 12.5 Å². The molecule has 1 heterocycles. The average molecular weight is 345 g/mol. The number of nitrogens with zero attached hydrogens (tertiary/aromatic N) is 2. The number of methoxy groups -OCH3 is 1. The van der Waals surface area contributed by atoms with E-state index in [9.17, 15) is 13.9 Å². The number of benzene rings is 1. The van der Waals surface area contributed by atoms with Crippen LogP contribution in [0.4, 0.5) is 8.78 Å². The molecule has 0 aliphatic carbocycles. The normalized spacial score (nSPS) is 12.2. The lowest BCUT2D eigenvalue weighted by Crippen LogP contribution is -2.09. The van der Waals surface area contributed by atoms with Gasteiger partial charge >= 0.3 is 0 Å². The molecule has 106 valence electrons. The van der Waals surface area contributed by atoms with Gasteiger partial charge in [-0.15, -0.1) is 10.2 Å². The topological polar surface area (TPSA) is 55.2 Å². The Morgan fingerprint density at radius 3 is 2.60 bits per heavy atom. The van der Waals surface area contributed by atoms with Gasteiger partial charge in [0.2, 0.25) is 5.88 Å². The number of ether oxygens (including phenoxy) is 1. The van der Waals surface area contributed by atoms with Crippen molar-refractivity contribution in [3.05, 3.63) is 51.6 Å². The van der Waals surface area contributed by atoms with Gasteiger partial charge in [-0.25, -0.2) is 8.78 Å². The summed E-state index contributed by atoms with van der Waals surface area (Å²) < 4.78 is 32.4. The molecule has 7 heteroatoms. The molecule has 1 aromatic carbocycles. The molecule has 0 saturated heterocycles. The van der Waals surface area contributed by atoms with Gasteiger partial charge in [0.1, 0.15) is 17.7 Å². The van der Waals surface area contributed by atoms with E-state index in [-0.39, 0.29) is 22.2 Å². The summed E-state index contributed by atoms with van der Waals surface area (Å²) in [5.41, 5.74) is 0.00840. The number of aliphatic hydroxyl groups excluding tert-OH is 1. The van der Waals surface area contributed by atoms with E-state index in [0.29, 0.717) is 5.88 Å². The number of aromatic nitrogens is 2. The summed E-state index contributed by atoms with van der Waals surface area (Å²) in [6, 6.07) is 5.41. The van der Waals surface area contributed by atoms with Crippen molar-refractivity contribution < 1.29 is 18.6 Å². The van der Waals surface area contributed by atoms with E-state index in [2.05, 4.69) is 26.1 Å². The Morgan fingerprint density at radius 2 is 2.00 bits per heavy atom. The second-order valence-electron chi connectivity index (χ2n) is 4.04. The average Bonchev–Trinajstić information content (AvgIpc) is 2.47. The molecule has 1 aromatic heterocycles. The van der Waals surface area contributed by atoms with Gasteiger partial charge < -0.3 is 9.84 Å². The van der Waals surface area contributed by atoms with Crippen LogP contribution in [0.15, 0.2) is 28.7 Å². The molecule has 20 heavy (non-hydrogen) atoms. The first-order valence-corrected chi connectivity index (χ1v) is 6.50. The molecule has 0 bridgehead atoms. The summed E-state index contributed by atoms with van der Waals surface area (Å²) in [5, 5.41) is 17.4. The predicted molar refractivity (Wildman–Crippen MR) is 71.3 cm³/mol. The quantitative estimate of drug-likeness (QED) is 0.866. The Kier molecular flexibility index (Phi) is 4.61. The fourth-order valence-electron chi connectivity index (χ4n) is 1.67. The SMILES string of the molecule is COc1ccc(C(O)Cc2c(F)ccc(Br)c2F)nn1. The lowest BCUT2D eigenvalue weighted by Gasteiger charge is -2.12. The zero-order valence-corrected chi connectivity index (χ0v) is 12.1. The molecule has 1 atom stereocenters. The predicted octanol–water partition coefficient (Wildman–Crippen LogP) is 2.80. The highest BCUT2D eigenvalue weighted by Crippen LogP contribution is 2.26. The van der Waals surface area contributed by atoms with E-state index in [0.717, 1.165) is 6.07 Å². The van der Waals surface area contributed by atoms with E-state index in [4.69, 9.17) is 4.74 Å². The van der Waals surface area contributed by atoms with Gasteiger partial charge in [0, 0.05) is 18.1 Å². The maximum Gasteiger partial charge on any atom is 0.233 e. The smallest absolute Gasteiger partial charge is 0.233 e. The molecule has 1 N–H and O–H groups in total. The highest BCUT2D eigenvalue weighted by atomic mass is 79.9. The molecule has 2 rings (SSSR count). The van der Waals surface area contributed by atoms with Crippen LogP contribution < -0.4 is 4.74 Å². The molecule has 2 aromatic rings. The van der Waals surface area contributed by atoms with Gasteiger partial charge in [-0.3, -0.25) is 0 Å². The van der Waals surface area contributed by atoms with E-state index in [1.807, 2.05) is 0 Å². The molecule has 1 unspecified atom stereocenters. The third kappa shape index (κ3) is 3.10. The summed E-state index contributed by atoms with van der Waals surface area (Å²) >= 11 is 2.98. The minimum Gasteiger partial charge on any atom is -0.480 e. The largest absolute Gasteiger partial charge is 0.480 e. The van der Waals surface area contributed by atoms with Crippen LogP contribution in [0.25, 0.3) is 0 Å². The van der Waals surface area contributed by atoms with Crippen molar-refractivity contribution in [3.63, 3.8) is 0 Å². The van der Waals surface area contributed by atoms with E-state index in [1.165, 1.54) is 25.3 Å². The molecule has 0 fully saturated rings. The third-order valence-electron chi connectivity index (χ3n) is 2.75. The molecular weight excluding hydrogens is 334 g/mol. The molecule has 0 aliphatic rings. The van der Waals surface area contributed by atoms with Gasteiger partial charge in [-0.1, -0.05) is 0 Å². The second kappa shape index (κ2) is 6.23. The first kappa shape index (κ1) is 14.8. The van der Waals surface area contributed by atoms with Crippen LogP contribution in [0.3, 0.4) is 0 Å². The van der Waals surface area contributed by atoms with Crippen molar-refractivity contribution in [3.8, 4) is 5.88 Å². The molecule has 0 aliphatic heterocycles. The van der Waals surface area contributed by atoms with Crippen LogP contribution >= 0.6 is 15.9 Å². The maximum absolute atomic E-state index is 13.8. The monoisotopic (exact) mass is 344 g/mol. The molecule has 0 amide bonds. The standard InChI is InChI=1S/C13H11BrF2N2O2/c1-20-12-5-4-10(17-18-12)11(19)6-7-9(15)3-2-8(14)13(7)16/h2-5,11,19H,6H2,1H3. The zero-order valence-electron chi connectivity index (χ0n) is 10.5. The lowest BCUT2D eigenvalue weighted by atomic mass is 10.0. The molecule has 0 spiro atoms. The van der Waals surface area contributed by atoms with E-state index < -0.39 is 17.7 Å². The Bertz CT molecular complexity index is 608. The molecular formula is C13H11BrF2N2O2. The fourth-order valence-corrected chi connectivity index (χ4v) is 2.04. The van der Waals surface area contributed by atoms with Crippen LogP contribution in [0.1, 0.15) is 17.4 Å². The summed E-state index contributed by atoms with van der Waals surface area (Å²) in [4.78, 5) is 0. The van der Waals surface area contributed by atoms with Crippen molar-refractivity contribution in [1.82, 2.24) is 10.2 Å². The summed E-state index contributed by atoms with van der Waals surface area (Å²) in [7, 11) is 1.44. The van der Waals surface area contributed by atoms with Crippen molar-refractivity contribution in [2.24, 2.45) is 0 Å². The van der Waals surface area contributed by atoms with Crippen molar-refractivity contribution >= 4 is 15.9 Å². The first-order valence-electron chi connectivity index (χ1n) is 5.71. The van der Waals surface area contributed by atoms with Crippen molar-refractivity contribution in [2.75, 3.05) is 7.11 Å². The first-order chi connectivity index (χ1) is 9.52. The van der Waals surface area contributed by atoms with E-state index in [1.54, 1.807) is 0 Å². The molecule has 4 nitrogen and oxygen atoms in total. The number of hydrogen-bond acceptors (Lipinski definition) is 4. The summed E-state index contributed by atoms with van der Waals surface area (Å²) in [5.74, 6) is -1.16. The fraction of sp³-hybridized carbons (Fsp3) is 0.231. The van der Waals surface area contributed by atoms with Gasteiger partial charge in [0.15, 0.2) is 0 Å².